The summed E-state index contributed by atoms with van der Waals surface area (Å²) in [6, 6.07) is 11.3. The Labute approximate surface area is 230 Å². The van der Waals surface area contributed by atoms with Gasteiger partial charge in [0.2, 0.25) is 5.95 Å². The zero-order valence-electron chi connectivity index (χ0n) is 23.4. The number of amides is 1. The number of hydrogen-bond acceptors (Lipinski definition) is 7. The van der Waals surface area contributed by atoms with Crippen molar-refractivity contribution < 1.29 is 4.79 Å². The van der Waals surface area contributed by atoms with Crippen LogP contribution in [0.4, 0.5) is 17.3 Å². The van der Waals surface area contributed by atoms with Crippen LogP contribution in [0.5, 0.6) is 0 Å². The summed E-state index contributed by atoms with van der Waals surface area (Å²) in [6.45, 7) is 7.00. The second-order valence-corrected chi connectivity index (χ2v) is 12.5. The first-order valence-electron chi connectivity index (χ1n) is 14.5. The van der Waals surface area contributed by atoms with Crippen LogP contribution in [0.25, 0.3) is 11.0 Å². The molecule has 2 bridgehead atoms. The molecule has 3 aromatic rings. The van der Waals surface area contributed by atoms with E-state index in [2.05, 4.69) is 60.9 Å². The Morgan fingerprint density at radius 2 is 1.69 bits per heavy atom. The monoisotopic (exact) mass is 528 g/mol. The summed E-state index contributed by atoms with van der Waals surface area (Å²) in [5.74, 6) is 1.40. The molecule has 8 rings (SSSR count). The molecule has 206 valence electrons. The van der Waals surface area contributed by atoms with Crippen molar-refractivity contribution in [2.24, 2.45) is 5.92 Å². The van der Waals surface area contributed by atoms with Gasteiger partial charge in [0.05, 0.1) is 0 Å². The van der Waals surface area contributed by atoms with Gasteiger partial charge in [0.25, 0.3) is 5.91 Å². The lowest BCUT2D eigenvalue weighted by Gasteiger charge is -2.62. The van der Waals surface area contributed by atoms with Crippen LogP contribution in [0.15, 0.2) is 36.5 Å². The Kier molecular flexibility index (Phi) is 6.04. The number of rotatable bonds is 6. The summed E-state index contributed by atoms with van der Waals surface area (Å²) >= 11 is 0. The second-order valence-electron chi connectivity index (χ2n) is 12.5. The number of fused-ring (bicyclic) bond motifs is 1. The fraction of sp³-hybridized carbons (Fsp3) is 0.567. The van der Waals surface area contributed by atoms with Gasteiger partial charge in [0.1, 0.15) is 11.3 Å². The average molecular weight is 529 g/mol. The standard InChI is InChI=1S/C30H40N8O/c1-34(2)28(39)26-16-22-20-31-29(33-27(22)38(26)30-17-21(18-30)19-30)32-23-4-6-24(7-5-23)36-10-8-25(9-11-36)37-14-12-35(3)13-15-37/h4-7,16,20-21,25H,8-15,17-19H2,1-3H3,(H,31,32,33). The van der Waals surface area contributed by atoms with E-state index >= 15 is 0 Å². The predicted octanol–water partition coefficient (Wildman–Crippen LogP) is 3.60. The Bertz CT molecular complexity index is 1350. The van der Waals surface area contributed by atoms with Gasteiger partial charge in [0.15, 0.2) is 0 Å². The van der Waals surface area contributed by atoms with Crippen LogP contribution in [0, 0.1) is 5.92 Å². The highest BCUT2D eigenvalue weighted by molar-refractivity contribution is 5.98. The van der Waals surface area contributed by atoms with E-state index in [0.29, 0.717) is 5.95 Å². The average Bonchev–Trinajstić information content (AvgIpc) is 3.26. The van der Waals surface area contributed by atoms with E-state index in [1.165, 1.54) is 44.7 Å². The van der Waals surface area contributed by atoms with Crippen LogP contribution in [0.3, 0.4) is 0 Å². The predicted molar refractivity (Wildman–Crippen MR) is 155 cm³/mol. The zero-order valence-corrected chi connectivity index (χ0v) is 23.4. The fourth-order valence-electron chi connectivity index (χ4n) is 7.18. The number of aromatic nitrogens is 3. The lowest BCUT2D eigenvalue weighted by Crippen LogP contribution is -2.60. The lowest BCUT2D eigenvalue weighted by molar-refractivity contribution is -0.0870. The molecule has 9 heteroatoms. The SMILES string of the molecule is CN1CCN(C2CCN(c3ccc(Nc4ncc5cc(C(=O)N(C)C)n(C67CC(C6)C7)c5n4)cc3)CC2)CC1. The fourth-order valence-corrected chi connectivity index (χ4v) is 7.18. The van der Waals surface area contributed by atoms with Crippen molar-refractivity contribution in [3.63, 3.8) is 0 Å². The zero-order chi connectivity index (χ0) is 26.7. The second kappa shape index (κ2) is 9.48. The molecule has 1 amide bonds. The molecule has 3 aliphatic carbocycles. The van der Waals surface area contributed by atoms with E-state index in [1.54, 1.807) is 4.90 Å². The number of carbonyl (C=O) groups is 1. The van der Waals surface area contributed by atoms with E-state index in [4.69, 9.17) is 4.98 Å². The van der Waals surface area contributed by atoms with Crippen molar-refractivity contribution in [1.29, 1.82) is 0 Å². The largest absolute Gasteiger partial charge is 0.371 e. The maximum Gasteiger partial charge on any atom is 0.270 e. The van der Waals surface area contributed by atoms with E-state index in [0.717, 1.165) is 66.7 Å². The van der Waals surface area contributed by atoms with Crippen molar-refractivity contribution in [3.8, 4) is 0 Å². The van der Waals surface area contributed by atoms with Crippen LogP contribution in [-0.4, -0.2) is 102 Å². The van der Waals surface area contributed by atoms with Crippen LogP contribution in [0.2, 0.25) is 0 Å². The molecule has 5 aliphatic rings. The molecule has 2 saturated heterocycles. The van der Waals surface area contributed by atoms with Gasteiger partial charge >= 0.3 is 0 Å². The summed E-state index contributed by atoms with van der Waals surface area (Å²) in [6.07, 6.45) is 7.75. The number of benzene rings is 1. The number of carbonyl (C=O) groups excluding carboxylic acids is 1. The van der Waals surface area contributed by atoms with E-state index in [-0.39, 0.29) is 11.4 Å². The molecule has 0 unspecified atom stereocenters. The van der Waals surface area contributed by atoms with Crippen LogP contribution >= 0.6 is 0 Å². The van der Waals surface area contributed by atoms with Crippen molar-refractivity contribution in [2.75, 3.05) is 70.6 Å². The summed E-state index contributed by atoms with van der Waals surface area (Å²) in [4.78, 5) is 31.8. The molecular weight excluding hydrogens is 488 g/mol. The number of likely N-dealkylation sites (N-methyl/N-ethyl adjacent to an activating group) is 1. The first-order valence-corrected chi connectivity index (χ1v) is 14.5. The smallest absolute Gasteiger partial charge is 0.270 e. The molecule has 3 saturated carbocycles. The summed E-state index contributed by atoms with van der Waals surface area (Å²) in [5, 5.41) is 4.33. The molecule has 0 radical (unpaired) electrons. The molecule has 2 aromatic heterocycles. The van der Waals surface area contributed by atoms with Crippen LogP contribution in [-0.2, 0) is 5.54 Å². The normalized spacial score (nSPS) is 25.8. The minimum absolute atomic E-state index is 0.0235. The number of piperidine rings is 1. The molecule has 0 atom stereocenters. The molecule has 0 spiro atoms. The highest BCUT2D eigenvalue weighted by atomic mass is 16.2. The molecule has 9 nitrogen and oxygen atoms in total. The molecule has 5 fully saturated rings. The highest BCUT2D eigenvalue weighted by Crippen LogP contribution is 2.63. The van der Waals surface area contributed by atoms with E-state index in [1.807, 2.05) is 26.4 Å². The summed E-state index contributed by atoms with van der Waals surface area (Å²) < 4.78 is 2.21. The van der Waals surface area contributed by atoms with Crippen molar-refractivity contribution in [1.82, 2.24) is 29.2 Å². The van der Waals surface area contributed by atoms with Crippen molar-refractivity contribution in [2.45, 2.75) is 43.7 Å². The van der Waals surface area contributed by atoms with E-state index < -0.39 is 0 Å². The Hall–Kier alpha value is -3.17. The lowest BCUT2D eigenvalue weighted by atomic mass is 9.49. The maximum absolute atomic E-state index is 13.0. The van der Waals surface area contributed by atoms with Gasteiger partial charge in [0, 0.05) is 87.9 Å². The Morgan fingerprint density at radius 1 is 1.00 bits per heavy atom. The molecule has 1 aromatic carbocycles. The molecular formula is C30H40N8O. The third kappa shape index (κ3) is 4.36. The van der Waals surface area contributed by atoms with Gasteiger partial charge in [-0.1, -0.05) is 0 Å². The first kappa shape index (κ1) is 24.8. The number of anilines is 3. The first-order chi connectivity index (χ1) is 18.9. The van der Waals surface area contributed by atoms with Crippen molar-refractivity contribution >= 4 is 34.3 Å². The van der Waals surface area contributed by atoms with Gasteiger partial charge in [-0.25, -0.2) is 4.98 Å². The van der Waals surface area contributed by atoms with Crippen LogP contribution < -0.4 is 10.2 Å². The number of nitrogens with one attached hydrogen (secondary N) is 1. The van der Waals surface area contributed by atoms with E-state index in [9.17, 15) is 4.79 Å². The minimum atomic E-state index is 0.0235. The number of hydrogen-bond donors (Lipinski definition) is 1. The maximum atomic E-state index is 13.0. The summed E-state index contributed by atoms with van der Waals surface area (Å²) in [7, 11) is 5.84. The van der Waals surface area contributed by atoms with Gasteiger partial charge in [-0.15, -0.1) is 0 Å². The topological polar surface area (TPSA) is 72.8 Å². The number of nitrogens with zero attached hydrogens (tertiary/aromatic N) is 7. The molecule has 2 aliphatic heterocycles. The van der Waals surface area contributed by atoms with Crippen molar-refractivity contribution in [3.05, 3.63) is 42.2 Å². The molecule has 1 N–H and O–H groups in total. The molecule has 39 heavy (non-hydrogen) atoms. The molecule has 4 heterocycles. The van der Waals surface area contributed by atoms with Gasteiger partial charge in [-0.2, -0.15) is 4.98 Å². The van der Waals surface area contributed by atoms with Gasteiger partial charge < -0.3 is 24.6 Å². The third-order valence-electron chi connectivity index (χ3n) is 9.65. The van der Waals surface area contributed by atoms with Gasteiger partial charge in [-0.3, -0.25) is 9.69 Å². The van der Waals surface area contributed by atoms with Gasteiger partial charge in [-0.05, 0) is 75.4 Å². The Morgan fingerprint density at radius 3 is 2.31 bits per heavy atom. The quantitative estimate of drug-likeness (QED) is 0.524. The third-order valence-corrected chi connectivity index (χ3v) is 9.65. The highest BCUT2D eigenvalue weighted by Gasteiger charge is 2.59. The number of piperazine rings is 1. The Balaban J connectivity index is 1.05. The minimum Gasteiger partial charge on any atom is -0.371 e. The summed E-state index contributed by atoms with van der Waals surface area (Å²) in [5.41, 5.74) is 3.88. The van der Waals surface area contributed by atoms with Crippen LogP contribution in [0.1, 0.15) is 42.6 Å².